The van der Waals surface area contributed by atoms with Gasteiger partial charge in [-0.05, 0) is 11.6 Å². The van der Waals surface area contributed by atoms with Gasteiger partial charge in [0.25, 0.3) is 0 Å². The highest BCUT2D eigenvalue weighted by Crippen LogP contribution is 2.40. The molecule has 1 aromatic carbocycles. The van der Waals surface area contributed by atoms with Crippen molar-refractivity contribution in [3.05, 3.63) is 64.8 Å². The van der Waals surface area contributed by atoms with Crippen LogP contribution >= 0.6 is 23.2 Å². The zero-order valence-electron chi connectivity index (χ0n) is 10.8. The molecular formula is C16H10Cl2O3. The number of halogens is 2. The summed E-state index contributed by atoms with van der Waals surface area (Å²) < 4.78 is -1.16. The number of fused-ring (bicyclic) bond motifs is 1. The van der Waals surface area contributed by atoms with Crippen LogP contribution in [0.2, 0.25) is 0 Å². The molecule has 5 heteroatoms. The van der Waals surface area contributed by atoms with E-state index in [0.717, 1.165) is 0 Å². The summed E-state index contributed by atoms with van der Waals surface area (Å²) in [6.07, 6.45) is 4.97. The number of benzene rings is 1. The Kier molecular flexibility index (Phi) is 3.27. The zero-order valence-corrected chi connectivity index (χ0v) is 12.3. The van der Waals surface area contributed by atoms with Crippen LogP contribution in [0.25, 0.3) is 5.76 Å². The molecule has 0 saturated carbocycles. The van der Waals surface area contributed by atoms with Crippen LogP contribution in [-0.2, 0) is 4.79 Å². The summed E-state index contributed by atoms with van der Waals surface area (Å²) in [5.74, 6) is -1.58. The van der Waals surface area contributed by atoms with E-state index in [-0.39, 0.29) is 23.3 Å². The minimum Gasteiger partial charge on any atom is -0.507 e. The topological polar surface area (TPSA) is 54.4 Å². The van der Waals surface area contributed by atoms with Crippen molar-refractivity contribution in [2.24, 2.45) is 0 Å². The van der Waals surface area contributed by atoms with Gasteiger partial charge < -0.3 is 5.11 Å². The summed E-state index contributed by atoms with van der Waals surface area (Å²) in [4.78, 5) is 24.5. The Morgan fingerprint density at radius 3 is 2.38 bits per heavy atom. The molecule has 1 N–H and O–H groups in total. The average molecular weight is 321 g/mol. The fraction of sp³-hybridized carbons (Fsp3) is 0.125. The van der Waals surface area contributed by atoms with Gasteiger partial charge in [0.05, 0.1) is 5.57 Å². The second kappa shape index (κ2) is 4.86. The average Bonchev–Trinajstić information content (AvgIpc) is 2.44. The third kappa shape index (κ3) is 2.33. The lowest BCUT2D eigenvalue weighted by Gasteiger charge is -2.24. The summed E-state index contributed by atoms with van der Waals surface area (Å²) in [5.41, 5.74) is 0.989. The van der Waals surface area contributed by atoms with Gasteiger partial charge in [-0.2, -0.15) is 0 Å². The number of ketones is 2. The molecule has 106 valence electrons. The van der Waals surface area contributed by atoms with E-state index in [1.807, 2.05) is 0 Å². The quantitative estimate of drug-likeness (QED) is 0.632. The fourth-order valence-corrected chi connectivity index (χ4v) is 2.95. The van der Waals surface area contributed by atoms with Gasteiger partial charge in [-0.15, -0.1) is 0 Å². The van der Waals surface area contributed by atoms with E-state index in [9.17, 15) is 14.7 Å². The van der Waals surface area contributed by atoms with Gasteiger partial charge in [-0.25, -0.2) is 0 Å². The molecule has 3 rings (SSSR count). The highest BCUT2D eigenvalue weighted by atomic mass is 35.5. The van der Waals surface area contributed by atoms with Crippen LogP contribution in [0.4, 0.5) is 0 Å². The molecule has 0 spiro atoms. The highest BCUT2D eigenvalue weighted by Gasteiger charge is 2.37. The normalized spacial score (nSPS) is 20.4. The standard InChI is InChI=1S/C16H10Cl2O3/c17-16(18)7-3-4-9(8-16)12-13(19)10-5-1-2-6-11(10)14(20)15(12)21/h1-7,19H,8H2. The highest BCUT2D eigenvalue weighted by molar-refractivity contribution is 6.53. The Bertz CT molecular complexity index is 755. The SMILES string of the molecule is O=C1C(=O)c2ccccc2C(O)=C1C1=CC=CC(Cl)(Cl)C1. The van der Waals surface area contributed by atoms with Crippen molar-refractivity contribution >= 4 is 40.5 Å². The number of carbonyl (C=O) groups is 2. The van der Waals surface area contributed by atoms with E-state index in [1.54, 1.807) is 36.4 Å². The molecule has 2 aliphatic carbocycles. The van der Waals surface area contributed by atoms with Crippen LogP contribution in [0.15, 0.2) is 53.6 Å². The Hall–Kier alpha value is -1.84. The Labute approximate surface area is 131 Å². The van der Waals surface area contributed by atoms with E-state index >= 15 is 0 Å². The number of rotatable bonds is 1. The summed E-state index contributed by atoms with van der Waals surface area (Å²) in [6.45, 7) is 0. The fourth-order valence-electron chi connectivity index (χ4n) is 2.51. The van der Waals surface area contributed by atoms with Crippen molar-refractivity contribution < 1.29 is 14.7 Å². The van der Waals surface area contributed by atoms with Gasteiger partial charge >= 0.3 is 0 Å². The summed E-state index contributed by atoms with van der Waals surface area (Å²) in [5, 5.41) is 10.4. The molecular weight excluding hydrogens is 311 g/mol. The summed E-state index contributed by atoms with van der Waals surface area (Å²) >= 11 is 12.1. The smallest absolute Gasteiger partial charge is 0.237 e. The number of hydrogen-bond acceptors (Lipinski definition) is 3. The number of aliphatic hydroxyl groups excluding tert-OH is 1. The monoisotopic (exact) mass is 320 g/mol. The first-order valence-corrected chi connectivity index (χ1v) is 7.04. The predicted molar refractivity (Wildman–Crippen MR) is 81.6 cm³/mol. The van der Waals surface area contributed by atoms with Crippen LogP contribution < -0.4 is 0 Å². The Morgan fingerprint density at radius 1 is 1.05 bits per heavy atom. The molecule has 0 unspecified atom stereocenters. The zero-order chi connectivity index (χ0) is 15.2. The molecule has 0 saturated heterocycles. The second-order valence-electron chi connectivity index (χ2n) is 4.92. The molecule has 0 atom stereocenters. The minimum atomic E-state index is -1.16. The molecule has 0 fully saturated rings. The number of alkyl halides is 2. The third-order valence-electron chi connectivity index (χ3n) is 3.48. The van der Waals surface area contributed by atoms with E-state index in [1.165, 1.54) is 6.07 Å². The molecule has 1 aromatic rings. The lowest BCUT2D eigenvalue weighted by atomic mass is 9.83. The third-order valence-corrected chi connectivity index (χ3v) is 4.00. The number of allylic oxidation sites excluding steroid dienone is 5. The lowest BCUT2D eigenvalue weighted by Crippen LogP contribution is -2.27. The first kappa shape index (κ1) is 14.1. The Balaban J connectivity index is 2.19. The van der Waals surface area contributed by atoms with E-state index < -0.39 is 15.9 Å². The molecule has 3 nitrogen and oxygen atoms in total. The number of Topliss-reactive ketones (excluding diaryl/α,β-unsaturated/α-hetero) is 2. The number of aliphatic hydroxyl groups is 1. The van der Waals surface area contributed by atoms with Crippen molar-refractivity contribution in [2.45, 2.75) is 10.8 Å². The summed E-state index contributed by atoms with van der Waals surface area (Å²) in [7, 11) is 0. The molecule has 2 aliphatic rings. The Morgan fingerprint density at radius 2 is 1.71 bits per heavy atom. The van der Waals surface area contributed by atoms with E-state index in [0.29, 0.717) is 11.1 Å². The maximum Gasteiger partial charge on any atom is 0.237 e. The second-order valence-corrected chi connectivity index (χ2v) is 6.46. The molecule has 21 heavy (non-hydrogen) atoms. The molecule has 0 bridgehead atoms. The lowest BCUT2D eigenvalue weighted by molar-refractivity contribution is -0.111. The van der Waals surface area contributed by atoms with Crippen molar-refractivity contribution in [1.82, 2.24) is 0 Å². The van der Waals surface area contributed by atoms with Crippen molar-refractivity contribution in [3.8, 4) is 0 Å². The summed E-state index contributed by atoms with van der Waals surface area (Å²) in [6, 6.07) is 6.46. The van der Waals surface area contributed by atoms with Crippen LogP contribution in [0.1, 0.15) is 22.3 Å². The predicted octanol–water partition coefficient (Wildman–Crippen LogP) is 3.78. The van der Waals surface area contributed by atoms with Gasteiger partial charge in [0.2, 0.25) is 11.6 Å². The molecule has 0 aromatic heterocycles. The molecule has 0 radical (unpaired) electrons. The van der Waals surface area contributed by atoms with Crippen molar-refractivity contribution in [1.29, 1.82) is 0 Å². The molecule has 0 heterocycles. The number of hydrogen-bond donors (Lipinski definition) is 1. The number of carbonyl (C=O) groups excluding carboxylic acids is 2. The van der Waals surface area contributed by atoms with E-state index in [4.69, 9.17) is 23.2 Å². The van der Waals surface area contributed by atoms with Gasteiger partial charge in [-0.1, -0.05) is 59.6 Å². The minimum absolute atomic E-state index is 0.0197. The van der Waals surface area contributed by atoms with Crippen LogP contribution in [-0.4, -0.2) is 21.0 Å². The van der Waals surface area contributed by atoms with Gasteiger partial charge in [0, 0.05) is 17.5 Å². The van der Waals surface area contributed by atoms with Gasteiger partial charge in [0.1, 0.15) is 10.1 Å². The van der Waals surface area contributed by atoms with Crippen molar-refractivity contribution in [3.63, 3.8) is 0 Å². The largest absolute Gasteiger partial charge is 0.507 e. The van der Waals surface area contributed by atoms with Crippen molar-refractivity contribution in [2.75, 3.05) is 0 Å². The van der Waals surface area contributed by atoms with Crippen LogP contribution in [0.3, 0.4) is 0 Å². The molecule has 0 amide bonds. The van der Waals surface area contributed by atoms with Crippen LogP contribution in [0, 0.1) is 0 Å². The van der Waals surface area contributed by atoms with Gasteiger partial charge in [-0.3, -0.25) is 9.59 Å². The maximum absolute atomic E-state index is 12.3. The first-order chi connectivity index (χ1) is 9.91. The van der Waals surface area contributed by atoms with Crippen LogP contribution in [0.5, 0.6) is 0 Å². The first-order valence-electron chi connectivity index (χ1n) is 6.29. The van der Waals surface area contributed by atoms with E-state index in [2.05, 4.69) is 0 Å². The maximum atomic E-state index is 12.3. The van der Waals surface area contributed by atoms with Gasteiger partial charge in [0.15, 0.2) is 0 Å². The molecule has 0 aliphatic heterocycles.